The number of nitrogens with zero attached hydrogens (tertiary/aromatic N) is 1. The summed E-state index contributed by atoms with van der Waals surface area (Å²) < 4.78 is 10.2. The zero-order valence-corrected chi connectivity index (χ0v) is 15.2. The summed E-state index contributed by atoms with van der Waals surface area (Å²) >= 11 is 0. The van der Waals surface area contributed by atoms with Crippen LogP contribution in [0.4, 0.5) is 0 Å². The van der Waals surface area contributed by atoms with E-state index in [2.05, 4.69) is 56.4 Å². The smallest absolute Gasteiger partial charge is 0.175 e. The molecule has 5 heteroatoms. The first-order valence-electron chi connectivity index (χ1n) is 6.63. The van der Waals surface area contributed by atoms with Gasteiger partial charge >= 0.3 is 0 Å². The predicted molar refractivity (Wildman–Crippen MR) is 89.4 cm³/mol. The Kier molecular flexibility index (Phi) is 4.98. The molecule has 1 aromatic rings. The van der Waals surface area contributed by atoms with Crippen molar-refractivity contribution >= 4 is 22.3 Å². The van der Waals surface area contributed by atoms with Crippen LogP contribution < -0.4 is 9.72 Å². The molecule has 0 saturated carbocycles. The normalized spacial score (nSPS) is 13.3. The summed E-state index contributed by atoms with van der Waals surface area (Å²) in [6.07, 6.45) is 0. The van der Waals surface area contributed by atoms with Crippen LogP contribution >= 0.6 is 0 Å². The van der Waals surface area contributed by atoms with Crippen molar-refractivity contribution in [1.29, 1.82) is 0 Å². The minimum atomic E-state index is -1.51. The quantitative estimate of drug-likeness (QED) is 0.522. The maximum Gasteiger partial charge on any atom is 0.175 e. The second-order valence-electron chi connectivity index (χ2n) is 6.73. The fourth-order valence-electron chi connectivity index (χ4n) is 1.60. The predicted octanol–water partition coefficient (Wildman–Crippen LogP) is 3.70. The van der Waals surface area contributed by atoms with Crippen LogP contribution in [-0.2, 0) is 0 Å². The Hall–Kier alpha value is -1.08. The first-order valence-corrected chi connectivity index (χ1v) is 13.6. The highest BCUT2D eigenvalue weighted by Crippen LogP contribution is 2.14. The summed E-state index contributed by atoms with van der Waals surface area (Å²) in [5, 5.41) is 0. The van der Waals surface area contributed by atoms with Crippen molar-refractivity contribution < 1.29 is 4.74 Å². The van der Waals surface area contributed by atoms with E-state index in [1.807, 2.05) is 12.1 Å². The number of benzene rings is 1. The Morgan fingerprint density at radius 2 is 1.53 bits per heavy atom. The van der Waals surface area contributed by atoms with Gasteiger partial charge in [-0.1, -0.05) is 19.6 Å². The average molecular weight is 295 g/mol. The van der Waals surface area contributed by atoms with E-state index in [9.17, 15) is 0 Å². The highest BCUT2D eigenvalue weighted by atomic mass is 28.3. The van der Waals surface area contributed by atoms with E-state index in [1.54, 1.807) is 7.11 Å². The van der Waals surface area contributed by atoms with Crippen molar-refractivity contribution in [3.63, 3.8) is 0 Å². The maximum atomic E-state index is 5.21. The highest BCUT2D eigenvalue weighted by molar-refractivity contribution is 6.78. The molecular formula is C14H26N2OSi2. The number of methoxy groups -OCH3 is 1. The van der Waals surface area contributed by atoms with E-state index in [1.165, 1.54) is 0 Å². The van der Waals surface area contributed by atoms with Gasteiger partial charge in [0.25, 0.3) is 0 Å². The third-order valence-electron chi connectivity index (χ3n) is 2.30. The number of ether oxygens (including phenoxy) is 1. The molecule has 0 aliphatic rings. The number of hydrogen-bond donors (Lipinski definition) is 1. The van der Waals surface area contributed by atoms with Gasteiger partial charge in [0.05, 0.1) is 7.11 Å². The van der Waals surface area contributed by atoms with Crippen LogP contribution in [0.2, 0.25) is 39.3 Å². The molecule has 3 nitrogen and oxygen atoms in total. The molecule has 0 fully saturated rings. The molecule has 0 heterocycles. The largest absolute Gasteiger partial charge is 0.497 e. The summed E-state index contributed by atoms with van der Waals surface area (Å²) in [5.41, 5.74) is 1.14. The molecule has 0 unspecified atom stereocenters. The third kappa shape index (κ3) is 6.07. The second kappa shape index (κ2) is 5.92. The molecule has 0 spiro atoms. The molecule has 0 amide bonds. The first kappa shape index (κ1) is 16.0. The molecule has 106 valence electrons. The Bertz CT molecular complexity index is 442. The maximum absolute atomic E-state index is 5.21. The van der Waals surface area contributed by atoms with Crippen molar-refractivity contribution in [3.8, 4) is 5.75 Å². The molecule has 0 aliphatic heterocycles. The number of nitrogens with one attached hydrogen (secondary N) is 1. The van der Waals surface area contributed by atoms with Crippen molar-refractivity contribution in [2.45, 2.75) is 39.3 Å². The molecule has 19 heavy (non-hydrogen) atoms. The molecule has 0 radical (unpaired) electrons. The molecule has 0 bridgehead atoms. The Morgan fingerprint density at radius 3 is 1.89 bits per heavy atom. The standard InChI is InChI=1S/C14H26N2OSi2/c1-17-13-10-8-12(9-11-13)14(15-18(2,3)4)16-19(5,6)7/h8-11H,1-7H3,(H,15,16). The zero-order valence-electron chi connectivity index (χ0n) is 13.2. The number of amidine groups is 1. The van der Waals surface area contributed by atoms with Gasteiger partial charge in [0.1, 0.15) is 19.8 Å². The van der Waals surface area contributed by atoms with E-state index in [-0.39, 0.29) is 0 Å². The van der Waals surface area contributed by atoms with E-state index in [0.717, 1.165) is 17.1 Å². The molecular weight excluding hydrogens is 268 g/mol. The van der Waals surface area contributed by atoms with E-state index in [0.29, 0.717) is 0 Å². The SMILES string of the molecule is COc1ccc(/C(=N/[Si](C)(C)C)N[Si](C)(C)C)cc1. The average Bonchev–Trinajstić information content (AvgIpc) is 2.24. The summed E-state index contributed by atoms with van der Waals surface area (Å²) in [4.78, 5) is 3.65. The lowest BCUT2D eigenvalue weighted by molar-refractivity contribution is 0.415. The topological polar surface area (TPSA) is 33.6 Å². The highest BCUT2D eigenvalue weighted by Gasteiger charge is 2.20. The van der Waals surface area contributed by atoms with Gasteiger partial charge in [0, 0.05) is 5.56 Å². The van der Waals surface area contributed by atoms with E-state index in [4.69, 9.17) is 9.39 Å². The zero-order chi connectivity index (χ0) is 14.7. The van der Waals surface area contributed by atoms with Gasteiger partial charge < -0.3 is 14.4 Å². The molecule has 0 aliphatic carbocycles. The van der Waals surface area contributed by atoms with Gasteiger partial charge in [-0.15, -0.1) is 0 Å². The number of rotatable bonds is 4. The van der Waals surface area contributed by atoms with Gasteiger partial charge in [0.15, 0.2) is 8.24 Å². The van der Waals surface area contributed by atoms with Crippen molar-refractivity contribution in [3.05, 3.63) is 29.8 Å². The lowest BCUT2D eigenvalue weighted by Crippen LogP contribution is -2.46. The summed E-state index contributed by atoms with van der Waals surface area (Å²) in [7, 11) is -1.24. The van der Waals surface area contributed by atoms with Gasteiger partial charge in [-0.25, -0.2) is 0 Å². The monoisotopic (exact) mass is 294 g/mol. The van der Waals surface area contributed by atoms with Crippen LogP contribution in [0.25, 0.3) is 0 Å². The molecule has 0 atom stereocenters. The van der Waals surface area contributed by atoms with Crippen LogP contribution in [0.15, 0.2) is 28.9 Å². The lowest BCUT2D eigenvalue weighted by Gasteiger charge is -2.24. The van der Waals surface area contributed by atoms with Crippen LogP contribution in [0.3, 0.4) is 0 Å². The third-order valence-corrected chi connectivity index (χ3v) is 4.19. The fraction of sp³-hybridized carbons (Fsp3) is 0.500. The first-order chi connectivity index (χ1) is 8.61. The van der Waals surface area contributed by atoms with Crippen LogP contribution in [-0.4, -0.2) is 29.4 Å². The van der Waals surface area contributed by atoms with Gasteiger partial charge in [-0.3, -0.25) is 0 Å². The molecule has 1 rings (SSSR count). The Balaban J connectivity index is 3.12. The molecule has 1 N–H and O–H groups in total. The van der Waals surface area contributed by atoms with Gasteiger partial charge in [0.2, 0.25) is 0 Å². The second-order valence-corrected chi connectivity index (χ2v) is 16.0. The molecule has 1 aromatic carbocycles. The molecule has 0 aromatic heterocycles. The Labute approximate surface area is 119 Å². The summed E-state index contributed by atoms with van der Waals surface area (Å²) in [5.74, 6) is 1.92. The summed E-state index contributed by atoms with van der Waals surface area (Å²) in [6, 6.07) is 8.12. The minimum absolute atomic E-state index is 0.879. The summed E-state index contributed by atoms with van der Waals surface area (Å²) in [6.45, 7) is 13.6. The Morgan fingerprint density at radius 1 is 1.00 bits per heavy atom. The van der Waals surface area contributed by atoms with Crippen molar-refractivity contribution in [2.75, 3.05) is 7.11 Å². The van der Waals surface area contributed by atoms with E-state index >= 15 is 0 Å². The van der Waals surface area contributed by atoms with Gasteiger partial charge in [-0.2, -0.15) is 0 Å². The fourth-order valence-corrected chi connectivity index (χ4v) is 3.48. The minimum Gasteiger partial charge on any atom is -0.497 e. The molecule has 0 saturated heterocycles. The van der Waals surface area contributed by atoms with Crippen molar-refractivity contribution in [1.82, 2.24) is 4.98 Å². The number of hydrogen-bond acceptors (Lipinski definition) is 2. The lowest BCUT2D eigenvalue weighted by atomic mass is 10.2. The van der Waals surface area contributed by atoms with Crippen LogP contribution in [0.1, 0.15) is 5.56 Å². The van der Waals surface area contributed by atoms with E-state index < -0.39 is 16.5 Å². The van der Waals surface area contributed by atoms with Gasteiger partial charge in [-0.05, 0) is 43.9 Å². The van der Waals surface area contributed by atoms with Crippen molar-refractivity contribution in [2.24, 2.45) is 4.66 Å². The van der Waals surface area contributed by atoms with Crippen LogP contribution in [0, 0.1) is 0 Å². The van der Waals surface area contributed by atoms with Crippen LogP contribution in [0.5, 0.6) is 5.75 Å².